The molecule has 0 N–H and O–H groups in total. The van der Waals surface area contributed by atoms with Gasteiger partial charge in [-0.2, -0.15) is 12.6 Å². The Morgan fingerprint density at radius 1 is 1.05 bits per heavy atom. The van der Waals surface area contributed by atoms with Crippen LogP contribution in [0.25, 0.3) is 0 Å². The van der Waals surface area contributed by atoms with Crippen molar-refractivity contribution in [3.8, 4) is 11.5 Å². The number of rotatable bonds is 9. The molecule has 0 fully saturated rings. The molecule has 1 atom stereocenters. The van der Waals surface area contributed by atoms with E-state index in [-0.39, 0.29) is 0 Å². The predicted molar refractivity (Wildman–Crippen MR) is 84.9 cm³/mol. The minimum atomic E-state index is 0.502. The monoisotopic (exact) mass is 282 g/mol. The van der Waals surface area contributed by atoms with Crippen LogP contribution in [-0.4, -0.2) is 19.0 Å². The highest BCUT2D eigenvalue weighted by atomic mass is 32.1. The average Bonchev–Trinajstić information content (AvgIpc) is 2.43. The largest absolute Gasteiger partial charge is 0.490 e. The maximum absolute atomic E-state index is 5.81. The van der Waals surface area contributed by atoms with E-state index in [1.165, 1.54) is 5.56 Å². The van der Waals surface area contributed by atoms with Crippen molar-refractivity contribution in [1.29, 1.82) is 0 Å². The van der Waals surface area contributed by atoms with E-state index in [1.807, 2.05) is 6.07 Å². The van der Waals surface area contributed by atoms with Crippen LogP contribution in [0.5, 0.6) is 11.5 Å². The van der Waals surface area contributed by atoms with Gasteiger partial charge in [0.15, 0.2) is 11.5 Å². The van der Waals surface area contributed by atoms with Crippen LogP contribution in [0, 0.1) is 0 Å². The van der Waals surface area contributed by atoms with Crippen molar-refractivity contribution in [3.63, 3.8) is 0 Å². The molecule has 0 aliphatic carbocycles. The number of thiol groups is 1. The highest BCUT2D eigenvalue weighted by Crippen LogP contribution is 2.32. The first-order valence-corrected chi connectivity index (χ1v) is 7.86. The fourth-order valence-corrected chi connectivity index (χ4v) is 2.23. The summed E-state index contributed by atoms with van der Waals surface area (Å²) in [6, 6.07) is 6.29. The fourth-order valence-electron chi connectivity index (χ4n) is 1.85. The van der Waals surface area contributed by atoms with Gasteiger partial charge in [-0.1, -0.05) is 26.8 Å². The third-order valence-electron chi connectivity index (χ3n) is 3.02. The summed E-state index contributed by atoms with van der Waals surface area (Å²) in [5, 5.41) is 0. The van der Waals surface area contributed by atoms with E-state index >= 15 is 0 Å². The molecule has 1 rings (SSSR count). The van der Waals surface area contributed by atoms with Crippen LogP contribution in [-0.2, 0) is 0 Å². The summed E-state index contributed by atoms with van der Waals surface area (Å²) in [4.78, 5) is 0. The molecule has 0 heterocycles. The molecule has 0 aliphatic rings. The number of hydrogen-bond acceptors (Lipinski definition) is 3. The van der Waals surface area contributed by atoms with Gasteiger partial charge in [-0.25, -0.2) is 0 Å². The Kier molecular flexibility index (Phi) is 7.80. The van der Waals surface area contributed by atoms with E-state index in [1.54, 1.807) is 0 Å². The van der Waals surface area contributed by atoms with Crippen molar-refractivity contribution in [2.24, 2.45) is 0 Å². The van der Waals surface area contributed by atoms with Gasteiger partial charge < -0.3 is 9.47 Å². The Bertz CT molecular complexity index is 366. The molecule has 1 aromatic carbocycles. The minimum Gasteiger partial charge on any atom is -0.490 e. The molecule has 0 saturated carbocycles. The smallest absolute Gasteiger partial charge is 0.161 e. The van der Waals surface area contributed by atoms with E-state index in [2.05, 4.69) is 45.5 Å². The van der Waals surface area contributed by atoms with Crippen molar-refractivity contribution in [2.75, 3.05) is 19.0 Å². The predicted octanol–water partition coefficient (Wildman–Crippen LogP) is 4.69. The summed E-state index contributed by atoms with van der Waals surface area (Å²) in [7, 11) is 0. The van der Waals surface area contributed by atoms with Gasteiger partial charge in [0.2, 0.25) is 0 Å². The van der Waals surface area contributed by atoms with Crippen LogP contribution in [0.4, 0.5) is 0 Å². The first-order chi connectivity index (χ1) is 9.22. The molecule has 0 bridgehead atoms. The van der Waals surface area contributed by atoms with Gasteiger partial charge in [-0.05, 0) is 48.6 Å². The lowest BCUT2D eigenvalue weighted by Crippen LogP contribution is -2.03. The van der Waals surface area contributed by atoms with Gasteiger partial charge in [0.1, 0.15) is 0 Å². The molecule has 2 nitrogen and oxygen atoms in total. The Labute approximate surface area is 122 Å². The highest BCUT2D eigenvalue weighted by molar-refractivity contribution is 7.80. The lowest BCUT2D eigenvalue weighted by molar-refractivity contribution is 0.268. The second-order valence-corrected chi connectivity index (χ2v) is 5.26. The zero-order valence-corrected chi connectivity index (χ0v) is 13.2. The normalized spacial score (nSPS) is 12.2. The molecule has 1 unspecified atom stereocenters. The van der Waals surface area contributed by atoms with Gasteiger partial charge in [0.25, 0.3) is 0 Å². The maximum Gasteiger partial charge on any atom is 0.161 e. The molecule has 0 aromatic heterocycles. The van der Waals surface area contributed by atoms with Gasteiger partial charge >= 0.3 is 0 Å². The Morgan fingerprint density at radius 3 is 2.26 bits per heavy atom. The number of hydrogen-bond donors (Lipinski definition) is 1. The summed E-state index contributed by atoms with van der Waals surface area (Å²) >= 11 is 4.30. The van der Waals surface area contributed by atoms with E-state index in [4.69, 9.17) is 9.47 Å². The van der Waals surface area contributed by atoms with Crippen LogP contribution >= 0.6 is 12.6 Å². The standard InChI is InChI=1S/C16H26O2S/c1-4-9-17-15-7-6-14(13(3)8-11-19)12-16(15)18-10-5-2/h6-7,12-13,19H,4-5,8-11H2,1-3H3. The van der Waals surface area contributed by atoms with Crippen molar-refractivity contribution < 1.29 is 9.47 Å². The van der Waals surface area contributed by atoms with Crippen molar-refractivity contribution in [3.05, 3.63) is 23.8 Å². The van der Waals surface area contributed by atoms with Crippen molar-refractivity contribution in [1.82, 2.24) is 0 Å². The SMILES string of the molecule is CCCOc1ccc(C(C)CCS)cc1OCCC. The lowest BCUT2D eigenvalue weighted by Gasteiger charge is -2.16. The Morgan fingerprint density at radius 2 is 1.68 bits per heavy atom. The van der Waals surface area contributed by atoms with Gasteiger partial charge in [0, 0.05) is 0 Å². The highest BCUT2D eigenvalue weighted by Gasteiger charge is 2.10. The van der Waals surface area contributed by atoms with Crippen molar-refractivity contribution >= 4 is 12.6 Å². The van der Waals surface area contributed by atoms with Crippen LogP contribution in [0.2, 0.25) is 0 Å². The third kappa shape index (κ3) is 5.35. The summed E-state index contributed by atoms with van der Waals surface area (Å²) in [5.41, 5.74) is 1.30. The van der Waals surface area contributed by atoms with E-state index in [0.29, 0.717) is 5.92 Å². The molecule has 0 amide bonds. The van der Waals surface area contributed by atoms with Gasteiger partial charge in [-0.3, -0.25) is 0 Å². The molecule has 3 heteroatoms. The zero-order valence-electron chi connectivity index (χ0n) is 12.3. The molecule has 108 valence electrons. The maximum atomic E-state index is 5.81. The Balaban J connectivity index is 2.86. The first kappa shape index (κ1) is 16.2. The quantitative estimate of drug-likeness (QED) is 0.662. The average molecular weight is 282 g/mol. The molecular weight excluding hydrogens is 256 g/mol. The van der Waals surface area contributed by atoms with Crippen molar-refractivity contribution in [2.45, 2.75) is 46.0 Å². The summed E-state index contributed by atoms with van der Waals surface area (Å²) in [6.45, 7) is 7.90. The van der Waals surface area contributed by atoms with E-state index in [0.717, 1.165) is 49.7 Å². The molecule has 0 spiro atoms. The topological polar surface area (TPSA) is 18.5 Å². The summed E-state index contributed by atoms with van der Waals surface area (Å²) in [6.07, 6.45) is 3.08. The minimum absolute atomic E-state index is 0.502. The molecule has 1 aromatic rings. The van der Waals surface area contributed by atoms with Crippen LogP contribution in [0.3, 0.4) is 0 Å². The zero-order chi connectivity index (χ0) is 14.1. The van der Waals surface area contributed by atoms with Gasteiger partial charge in [0.05, 0.1) is 13.2 Å². The number of ether oxygens (including phenoxy) is 2. The third-order valence-corrected chi connectivity index (χ3v) is 3.28. The Hall–Kier alpha value is -0.830. The van der Waals surface area contributed by atoms with Gasteiger partial charge in [-0.15, -0.1) is 0 Å². The summed E-state index contributed by atoms with van der Waals surface area (Å²) in [5.74, 6) is 3.14. The molecule has 0 aliphatic heterocycles. The summed E-state index contributed by atoms with van der Waals surface area (Å²) < 4.78 is 11.5. The molecule has 0 saturated heterocycles. The van der Waals surface area contributed by atoms with Crippen LogP contribution < -0.4 is 9.47 Å². The fraction of sp³-hybridized carbons (Fsp3) is 0.625. The van der Waals surface area contributed by atoms with E-state index < -0.39 is 0 Å². The second kappa shape index (κ2) is 9.13. The van der Waals surface area contributed by atoms with Crippen LogP contribution in [0.15, 0.2) is 18.2 Å². The molecule has 0 radical (unpaired) electrons. The van der Waals surface area contributed by atoms with E-state index in [9.17, 15) is 0 Å². The lowest BCUT2D eigenvalue weighted by atomic mass is 9.98. The second-order valence-electron chi connectivity index (χ2n) is 4.82. The first-order valence-electron chi connectivity index (χ1n) is 7.23. The molecular formula is C16H26O2S. The molecule has 19 heavy (non-hydrogen) atoms. The number of benzene rings is 1. The van der Waals surface area contributed by atoms with Crippen LogP contribution in [0.1, 0.15) is 51.5 Å².